The summed E-state index contributed by atoms with van der Waals surface area (Å²) in [6, 6.07) is 0. The van der Waals surface area contributed by atoms with Crippen molar-refractivity contribution in [2.45, 2.75) is 38.4 Å². The van der Waals surface area contributed by atoms with Crippen LogP contribution in [0.3, 0.4) is 0 Å². The summed E-state index contributed by atoms with van der Waals surface area (Å²) in [5.74, 6) is 4.68. The molecule has 5 atom stereocenters. The zero-order valence-electron chi connectivity index (χ0n) is 9.82. The van der Waals surface area contributed by atoms with Crippen LogP contribution in [0.1, 0.15) is 32.1 Å². The van der Waals surface area contributed by atoms with Crippen LogP contribution in [0.25, 0.3) is 0 Å². The standard InChI is InChI=1S/C13H22O2/c1-14-13(15-2)11-6-5-10-8-3-4-9(7-8)12(10)11/h8-13H,3-7H2,1-2H3/t8?,9?,10-,11?,12+/m0/s1. The van der Waals surface area contributed by atoms with E-state index in [9.17, 15) is 0 Å². The maximum absolute atomic E-state index is 5.48. The van der Waals surface area contributed by atoms with Crippen molar-refractivity contribution in [1.82, 2.24) is 0 Å². The van der Waals surface area contributed by atoms with Crippen molar-refractivity contribution < 1.29 is 9.47 Å². The number of hydrogen-bond acceptors (Lipinski definition) is 2. The summed E-state index contributed by atoms with van der Waals surface area (Å²) in [6.07, 6.45) is 7.30. The third-order valence-electron chi connectivity index (χ3n) is 5.30. The molecule has 15 heavy (non-hydrogen) atoms. The second-order valence-corrected chi connectivity index (χ2v) is 5.66. The van der Waals surface area contributed by atoms with Crippen LogP contribution in [0.2, 0.25) is 0 Å². The van der Waals surface area contributed by atoms with Crippen LogP contribution in [0.4, 0.5) is 0 Å². The molecule has 0 radical (unpaired) electrons. The molecule has 0 saturated heterocycles. The van der Waals surface area contributed by atoms with Gasteiger partial charge in [-0.05, 0) is 55.8 Å². The Hall–Kier alpha value is -0.0800. The summed E-state index contributed by atoms with van der Waals surface area (Å²) in [7, 11) is 3.57. The van der Waals surface area contributed by atoms with Gasteiger partial charge in [0.05, 0.1) is 0 Å². The lowest BCUT2D eigenvalue weighted by atomic mass is 9.78. The van der Waals surface area contributed by atoms with E-state index in [0.717, 1.165) is 23.7 Å². The minimum absolute atomic E-state index is 0.0550. The summed E-state index contributed by atoms with van der Waals surface area (Å²) in [6.45, 7) is 0. The maximum atomic E-state index is 5.48. The van der Waals surface area contributed by atoms with Gasteiger partial charge in [0.1, 0.15) is 0 Å². The van der Waals surface area contributed by atoms with Gasteiger partial charge in [0, 0.05) is 20.1 Å². The first-order valence-electron chi connectivity index (χ1n) is 6.40. The van der Waals surface area contributed by atoms with E-state index in [-0.39, 0.29) is 6.29 Å². The lowest BCUT2D eigenvalue weighted by Crippen LogP contribution is -2.32. The minimum Gasteiger partial charge on any atom is -0.356 e. The number of rotatable bonds is 3. The van der Waals surface area contributed by atoms with Crippen LogP contribution in [0.15, 0.2) is 0 Å². The Morgan fingerprint density at radius 3 is 2.40 bits per heavy atom. The average Bonchev–Trinajstić information content (AvgIpc) is 2.90. The van der Waals surface area contributed by atoms with Crippen molar-refractivity contribution in [2.24, 2.45) is 29.6 Å². The lowest BCUT2D eigenvalue weighted by molar-refractivity contribution is -0.150. The molecule has 3 fully saturated rings. The molecule has 0 aromatic rings. The van der Waals surface area contributed by atoms with Gasteiger partial charge in [0.2, 0.25) is 0 Å². The fourth-order valence-electron chi connectivity index (χ4n) is 4.89. The van der Waals surface area contributed by atoms with Gasteiger partial charge in [0.15, 0.2) is 6.29 Å². The molecule has 2 nitrogen and oxygen atoms in total. The van der Waals surface area contributed by atoms with Gasteiger partial charge in [-0.15, -0.1) is 0 Å². The number of methoxy groups -OCH3 is 2. The highest BCUT2D eigenvalue weighted by molar-refractivity contribution is 5.03. The van der Waals surface area contributed by atoms with Crippen LogP contribution in [-0.2, 0) is 9.47 Å². The Morgan fingerprint density at radius 2 is 1.67 bits per heavy atom. The molecular weight excluding hydrogens is 188 g/mol. The molecule has 3 aliphatic carbocycles. The molecule has 0 heterocycles. The molecule has 2 heteroatoms. The SMILES string of the molecule is COC(OC)C1CC[C@H]2C3CCC(C3)[C@@H]12. The van der Waals surface area contributed by atoms with Crippen molar-refractivity contribution in [3.05, 3.63) is 0 Å². The largest absolute Gasteiger partial charge is 0.356 e. The summed E-state index contributed by atoms with van der Waals surface area (Å²) in [4.78, 5) is 0. The summed E-state index contributed by atoms with van der Waals surface area (Å²) in [5.41, 5.74) is 0. The fraction of sp³-hybridized carbons (Fsp3) is 1.00. The van der Waals surface area contributed by atoms with Crippen molar-refractivity contribution in [2.75, 3.05) is 14.2 Å². The molecule has 2 bridgehead atoms. The molecule has 0 aromatic carbocycles. The third-order valence-corrected chi connectivity index (χ3v) is 5.30. The average molecular weight is 210 g/mol. The number of hydrogen-bond donors (Lipinski definition) is 0. The predicted molar refractivity (Wildman–Crippen MR) is 58.3 cm³/mol. The first-order valence-corrected chi connectivity index (χ1v) is 6.40. The summed E-state index contributed by atoms with van der Waals surface area (Å²) in [5, 5.41) is 0. The Balaban J connectivity index is 1.77. The van der Waals surface area contributed by atoms with Gasteiger partial charge < -0.3 is 9.47 Å². The van der Waals surface area contributed by atoms with Crippen LogP contribution in [0.5, 0.6) is 0 Å². The molecule has 3 rings (SSSR count). The monoisotopic (exact) mass is 210 g/mol. The second-order valence-electron chi connectivity index (χ2n) is 5.66. The van der Waals surface area contributed by atoms with Crippen molar-refractivity contribution in [1.29, 1.82) is 0 Å². The molecule has 3 unspecified atom stereocenters. The van der Waals surface area contributed by atoms with Gasteiger partial charge >= 0.3 is 0 Å². The Labute approximate surface area is 92.3 Å². The van der Waals surface area contributed by atoms with E-state index < -0.39 is 0 Å². The van der Waals surface area contributed by atoms with E-state index in [0.29, 0.717) is 5.92 Å². The Bertz CT molecular complexity index is 237. The van der Waals surface area contributed by atoms with Gasteiger partial charge in [0.25, 0.3) is 0 Å². The first kappa shape index (κ1) is 10.1. The van der Waals surface area contributed by atoms with Crippen molar-refractivity contribution in [3.8, 4) is 0 Å². The fourth-order valence-corrected chi connectivity index (χ4v) is 4.89. The Morgan fingerprint density at radius 1 is 0.933 bits per heavy atom. The number of fused-ring (bicyclic) bond motifs is 5. The van der Waals surface area contributed by atoms with E-state index >= 15 is 0 Å². The van der Waals surface area contributed by atoms with E-state index in [2.05, 4.69) is 0 Å². The van der Waals surface area contributed by atoms with Crippen LogP contribution in [-0.4, -0.2) is 20.5 Å². The highest BCUT2D eigenvalue weighted by atomic mass is 16.7. The molecule has 86 valence electrons. The first-order chi connectivity index (χ1) is 7.35. The minimum atomic E-state index is 0.0550. The van der Waals surface area contributed by atoms with E-state index in [1.165, 1.54) is 32.1 Å². The molecule has 3 aliphatic rings. The van der Waals surface area contributed by atoms with E-state index in [1.54, 1.807) is 14.2 Å². The smallest absolute Gasteiger partial charge is 0.159 e. The normalized spacial score (nSPS) is 47.8. The lowest BCUT2D eigenvalue weighted by Gasteiger charge is -2.32. The second kappa shape index (κ2) is 3.74. The molecule has 0 N–H and O–H groups in total. The number of ether oxygens (including phenoxy) is 2. The molecule has 0 amide bonds. The zero-order valence-corrected chi connectivity index (χ0v) is 9.82. The zero-order chi connectivity index (χ0) is 10.4. The van der Waals surface area contributed by atoms with Crippen LogP contribution in [0, 0.1) is 29.6 Å². The van der Waals surface area contributed by atoms with Gasteiger partial charge in [-0.1, -0.05) is 0 Å². The van der Waals surface area contributed by atoms with Crippen LogP contribution < -0.4 is 0 Å². The molecule has 0 aromatic heterocycles. The van der Waals surface area contributed by atoms with E-state index in [1.807, 2.05) is 0 Å². The molecule has 3 saturated carbocycles. The van der Waals surface area contributed by atoms with E-state index in [4.69, 9.17) is 9.47 Å². The highest BCUT2D eigenvalue weighted by Crippen LogP contribution is 2.61. The molecule has 0 spiro atoms. The molecular formula is C13H22O2. The van der Waals surface area contributed by atoms with Gasteiger partial charge in [-0.2, -0.15) is 0 Å². The topological polar surface area (TPSA) is 18.5 Å². The highest BCUT2D eigenvalue weighted by Gasteiger charge is 2.55. The predicted octanol–water partition coefficient (Wildman–Crippen LogP) is 2.68. The maximum Gasteiger partial charge on any atom is 0.159 e. The quantitative estimate of drug-likeness (QED) is 0.667. The van der Waals surface area contributed by atoms with Crippen molar-refractivity contribution in [3.63, 3.8) is 0 Å². The van der Waals surface area contributed by atoms with Crippen LogP contribution >= 0.6 is 0 Å². The Kier molecular flexibility index (Phi) is 2.52. The molecule has 0 aliphatic heterocycles. The van der Waals surface area contributed by atoms with Gasteiger partial charge in [-0.3, -0.25) is 0 Å². The van der Waals surface area contributed by atoms with Gasteiger partial charge in [-0.25, -0.2) is 0 Å². The summed E-state index contributed by atoms with van der Waals surface area (Å²) >= 11 is 0. The van der Waals surface area contributed by atoms with Crippen molar-refractivity contribution >= 4 is 0 Å². The third kappa shape index (κ3) is 1.38. The summed E-state index contributed by atoms with van der Waals surface area (Å²) < 4.78 is 11.0.